The quantitative estimate of drug-likeness (QED) is 0.628. The summed E-state index contributed by atoms with van der Waals surface area (Å²) < 4.78 is 43.3. The Morgan fingerprint density at radius 2 is 1.86 bits per heavy atom. The second kappa shape index (κ2) is 7.96. The highest BCUT2D eigenvalue weighted by Crippen LogP contribution is 2.28. The van der Waals surface area contributed by atoms with Crippen LogP contribution >= 0.6 is 0 Å². The van der Waals surface area contributed by atoms with Gasteiger partial charge in [0.1, 0.15) is 11.9 Å². The lowest BCUT2D eigenvalue weighted by Gasteiger charge is -2.16. The molecule has 0 aliphatic rings. The van der Waals surface area contributed by atoms with Crippen LogP contribution in [0.4, 0.5) is 13.2 Å². The third-order valence-corrected chi connectivity index (χ3v) is 4.48. The molecule has 4 nitrogen and oxygen atoms in total. The number of carbonyl (C=O) groups excluding carboxylic acids is 1. The van der Waals surface area contributed by atoms with Crippen LogP contribution in [0.15, 0.2) is 54.7 Å². The maximum atomic E-state index is 12.4. The molecular weight excluding hydrogens is 369 g/mol. The van der Waals surface area contributed by atoms with Crippen molar-refractivity contribution in [1.29, 1.82) is 0 Å². The zero-order chi connectivity index (χ0) is 20.3. The van der Waals surface area contributed by atoms with Crippen LogP contribution in [0.5, 0.6) is 5.75 Å². The Kier molecular flexibility index (Phi) is 5.63. The van der Waals surface area contributed by atoms with Gasteiger partial charge in [-0.2, -0.15) is 13.2 Å². The Hall–Kier alpha value is -2.96. The van der Waals surface area contributed by atoms with Crippen molar-refractivity contribution in [2.24, 2.45) is 0 Å². The number of benzene rings is 2. The van der Waals surface area contributed by atoms with Gasteiger partial charge in [0, 0.05) is 23.1 Å². The monoisotopic (exact) mass is 390 g/mol. The van der Waals surface area contributed by atoms with Crippen molar-refractivity contribution in [2.75, 3.05) is 0 Å². The standard InChI is InChI=1S/C21H21F3N2O2/c1-13(26-20(27)21(22,23)24)10-16-12-25-19-9-8-17(11-18(16)19)28-14(2)15-6-4-3-5-7-15/h3-9,11-14,25H,10H2,1-2H3,(H,26,27). The molecule has 2 aromatic carbocycles. The summed E-state index contributed by atoms with van der Waals surface area (Å²) in [5.41, 5.74) is 2.70. The third kappa shape index (κ3) is 4.65. The van der Waals surface area contributed by atoms with Crippen molar-refractivity contribution < 1.29 is 22.7 Å². The summed E-state index contributed by atoms with van der Waals surface area (Å²) in [5, 5.41) is 2.83. The number of hydrogen-bond donors (Lipinski definition) is 2. The summed E-state index contributed by atoms with van der Waals surface area (Å²) in [7, 11) is 0. The molecule has 0 aliphatic heterocycles. The van der Waals surface area contributed by atoms with E-state index in [-0.39, 0.29) is 12.5 Å². The highest BCUT2D eigenvalue weighted by molar-refractivity contribution is 5.85. The Bertz CT molecular complexity index is 951. The maximum Gasteiger partial charge on any atom is 0.471 e. The lowest BCUT2D eigenvalue weighted by Crippen LogP contribution is -2.42. The van der Waals surface area contributed by atoms with Gasteiger partial charge < -0.3 is 15.0 Å². The molecule has 28 heavy (non-hydrogen) atoms. The van der Waals surface area contributed by atoms with Gasteiger partial charge >= 0.3 is 12.1 Å². The normalized spacial score (nSPS) is 13.9. The topological polar surface area (TPSA) is 54.1 Å². The molecule has 1 aromatic heterocycles. The fraction of sp³-hybridized carbons (Fsp3) is 0.286. The number of H-pyrrole nitrogens is 1. The van der Waals surface area contributed by atoms with E-state index in [1.165, 1.54) is 0 Å². The molecule has 0 saturated carbocycles. The first-order valence-corrected chi connectivity index (χ1v) is 8.93. The maximum absolute atomic E-state index is 12.4. The van der Waals surface area contributed by atoms with Crippen LogP contribution in [0.1, 0.15) is 31.1 Å². The fourth-order valence-electron chi connectivity index (χ4n) is 3.08. The molecule has 2 N–H and O–H groups in total. The van der Waals surface area contributed by atoms with Gasteiger partial charge in [-0.3, -0.25) is 4.79 Å². The lowest BCUT2D eigenvalue weighted by atomic mass is 10.1. The number of nitrogens with one attached hydrogen (secondary N) is 2. The van der Waals surface area contributed by atoms with Crippen LogP contribution < -0.4 is 10.1 Å². The van der Waals surface area contributed by atoms with Crippen molar-refractivity contribution in [2.45, 2.75) is 38.6 Å². The number of aromatic nitrogens is 1. The fourth-order valence-corrected chi connectivity index (χ4v) is 3.08. The van der Waals surface area contributed by atoms with Gasteiger partial charge in [0.05, 0.1) is 0 Å². The van der Waals surface area contributed by atoms with Crippen LogP contribution in [-0.4, -0.2) is 23.1 Å². The average Bonchev–Trinajstić information content (AvgIpc) is 3.03. The van der Waals surface area contributed by atoms with Crippen LogP contribution in [-0.2, 0) is 11.2 Å². The van der Waals surface area contributed by atoms with E-state index >= 15 is 0 Å². The van der Waals surface area contributed by atoms with Crippen molar-refractivity contribution in [1.82, 2.24) is 10.3 Å². The van der Waals surface area contributed by atoms with E-state index in [4.69, 9.17) is 4.74 Å². The van der Waals surface area contributed by atoms with E-state index in [0.29, 0.717) is 5.75 Å². The number of aromatic amines is 1. The molecule has 0 saturated heterocycles. The Morgan fingerprint density at radius 1 is 1.14 bits per heavy atom. The number of fused-ring (bicyclic) bond motifs is 1. The number of ether oxygens (including phenoxy) is 1. The van der Waals surface area contributed by atoms with Crippen LogP contribution in [0.25, 0.3) is 10.9 Å². The first-order valence-electron chi connectivity index (χ1n) is 8.93. The van der Waals surface area contributed by atoms with Gasteiger partial charge in [-0.1, -0.05) is 30.3 Å². The van der Waals surface area contributed by atoms with Crippen molar-refractivity contribution in [3.63, 3.8) is 0 Å². The summed E-state index contributed by atoms with van der Waals surface area (Å²) >= 11 is 0. The molecule has 2 atom stereocenters. The third-order valence-electron chi connectivity index (χ3n) is 4.48. The summed E-state index contributed by atoms with van der Waals surface area (Å²) in [4.78, 5) is 14.2. The van der Waals surface area contributed by atoms with E-state index in [1.807, 2.05) is 60.8 Å². The van der Waals surface area contributed by atoms with Gasteiger partial charge in [-0.05, 0) is 49.6 Å². The number of carbonyl (C=O) groups is 1. The van der Waals surface area contributed by atoms with Crippen molar-refractivity contribution in [3.05, 3.63) is 65.9 Å². The van der Waals surface area contributed by atoms with E-state index in [2.05, 4.69) is 4.98 Å². The molecule has 3 aromatic rings. The molecule has 0 aliphatic carbocycles. The number of alkyl halides is 3. The zero-order valence-corrected chi connectivity index (χ0v) is 15.5. The predicted molar refractivity (Wildman–Crippen MR) is 101 cm³/mol. The Morgan fingerprint density at radius 3 is 2.54 bits per heavy atom. The van der Waals surface area contributed by atoms with E-state index < -0.39 is 18.1 Å². The number of halogens is 3. The SMILES string of the molecule is CC(Cc1c[nH]c2ccc(OC(C)c3ccccc3)cc12)NC(=O)C(F)(F)F. The number of amides is 1. The second-order valence-corrected chi connectivity index (χ2v) is 6.77. The number of hydrogen-bond acceptors (Lipinski definition) is 2. The minimum Gasteiger partial charge on any atom is -0.486 e. The van der Waals surface area contributed by atoms with E-state index in [1.54, 1.807) is 13.1 Å². The lowest BCUT2D eigenvalue weighted by molar-refractivity contribution is -0.174. The molecule has 148 valence electrons. The zero-order valence-electron chi connectivity index (χ0n) is 15.5. The minimum atomic E-state index is -4.89. The van der Waals surface area contributed by atoms with Crippen LogP contribution in [0.2, 0.25) is 0 Å². The molecule has 2 unspecified atom stereocenters. The van der Waals surface area contributed by atoms with E-state index in [0.717, 1.165) is 22.0 Å². The molecule has 3 rings (SSSR count). The summed E-state index contributed by atoms with van der Waals surface area (Å²) in [5.74, 6) is -1.27. The van der Waals surface area contributed by atoms with E-state index in [9.17, 15) is 18.0 Å². The van der Waals surface area contributed by atoms with Crippen molar-refractivity contribution in [3.8, 4) is 5.75 Å². The van der Waals surface area contributed by atoms with Crippen LogP contribution in [0, 0.1) is 0 Å². The summed E-state index contributed by atoms with van der Waals surface area (Å²) in [6, 6.07) is 14.7. The van der Waals surface area contributed by atoms with Gasteiger partial charge in [0.15, 0.2) is 0 Å². The second-order valence-electron chi connectivity index (χ2n) is 6.77. The molecule has 0 fully saturated rings. The highest BCUT2D eigenvalue weighted by Gasteiger charge is 2.39. The number of rotatable bonds is 6. The summed E-state index contributed by atoms with van der Waals surface area (Å²) in [6.45, 7) is 3.49. The smallest absolute Gasteiger partial charge is 0.471 e. The van der Waals surface area contributed by atoms with Gasteiger partial charge in [0.2, 0.25) is 0 Å². The summed E-state index contributed by atoms with van der Waals surface area (Å²) in [6.07, 6.45) is -3.03. The van der Waals surface area contributed by atoms with Gasteiger partial charge in [-0.15, -0.1) is 0 Å². The van der Waals surface area contributed by atoms with Gasteiger partial charge in [-0.25, -0.2) is 0 Å². The molecular formula is C21H21F3N2O2. The van der Waals surface area contributed by atoms with Gasteiger partial charge in [0.25, 0.3) is 0 Å². The molecule has 1 heterocycles. The molecule has 0 radical (unpaired) electrons. The van der Waals surface area contributed by atoms with Crippen LogP contribution in [0.3, 0.4) is 0 Å². The highest BCUT2D eigenvalue weighted by atomic mass is 19.4. The minimum absolute atomic E-state index is 0.147. The first kappa shape index (κ1) is 19.8. The molecule has 1 amide bonds. The molecule has 0 bridgehead atoms. The first-order chi connectivity index (χ1) is 13.2. The molecule has 7 heteroatoms. The van der Waals surface area contributed by atoms with Crippen molar-refractivity contribution >= 4 is 16.8 Å². The average molecular weight is 390 g/mol. The largest absolute Gasteiger partial charge is 0.486 e. The Labute approximate surface area is 160 Å². The molecule has 0 spiro atoms. The Balaban J connectivity index is 1.74. The predicted octanol–water partition coefficient (Wildman–Crippen LogP) is 4.92.